The van der Waals surface area contributed by atoms with Crippen molar-refractivity contribution in [3.63, 3.8) is 0 Å². The summed E-state index contributed by atoms with van der Waals surface area (Å²) in [6.07, 6.45) is 1.73. The average Bonchev–Trinajstić information content (AvgIpc) is 2.25. The van der Waals surface area contributed by atoms with Crippen LogP contribution >= 0.6 is 0 Å². The Bertz CT molecular complexity index is 363. The SMILES string of the molecule is C[C@H](N)C(=O)NCc1cccnc1N(C)C. The van der Waals surface area contributed by atoms with E-state index in [2.05, 4.69) is 10.3 Å². The van der Waals surface area contributed by atoms with Crippen molar-refractivity contribution in [3.8, 4) is 0 Å². The second-order valence-corrected chi connectivity index (χ2v) is 3.89. The lowest BCUT2D eigenvalue weighted by Gasteiger charge is -2.16. The maximum Gasteiger partial charge on any atom is 0.236 e. The molecule has 0 bridgehead atoms. The Labute approximate surface area is 95.7 Å². The molecule has 1 atom stereocenters. The summed E-state index contributed by atoms with van der Waals surface area (Å²) in [7, 11) is 3.83. The van der Waals surface area contributed by atoms with Gasteiger partial charge < -0.3 is 16.0 Å². The first-order chi connectivity index (χ1) is 7.52. The first-order valence-electron chi connectivity index (χ1n) is 5.17. The van der Waals surface area contributed by atoms with Crippen LogP contribution < -0.4 is 16.0 Å². The summed E-state index contributed by atoms with van der Waals surface area (Å²) >= 11 is 0. The molecular formula is C11H18N4O. The number of nitrogens with two attached hydrogens (primary N) is 1. The van der Waals surface area contributed by atoms with E-state index in [1.807, 2.05) is 31.1 Å². The van der Waals surface area contributed by atoms with Gasteiger partial charge in [-0.3, -0.25) is 4.79 Å². The highest BCUT2D eigenvalue weighted by Gasteiger charge is 2.09. The van der Waals surface area contributed by atoms with E-state index < -0.39 is 6.04 Å². The number of rotatable bonds is 4. The maximum atomic E-state index is 11.3. The minimum Gasteiger partial charge on any atom is -0.362 e. The number of aromatic nitrogens is 1. The van der Waals surface area contributed by atoms with Gasteiger partial charge in [0, 0.05) is 32.4 Å². The first-order valence-corrected chi connectivity index (χ1v) is 5.17. The monoisotopic (exact) mass is 222 g/mol. The van der Waals surface area contributed by atoms with Crippen LogP contribution in [0, 0.1) is 0 Å². The third kappa shape index (κ3) is 3.20. The highest BCUT2D eigenvalue weighted by molar-refractivity contribution is 5.81. The Balaban J connectivity index is 2.70. The van der Waals surface area contributed by atoms with Crippen molar-refractivity contribution in [2.75, 3.05) is 19.0 Å². The molecule has 0 radical (unpaired) electrons. The quantitative estimate of drug-likeness (QED) is 0.758. The third-order valence-corrected chi connectivity index (χ3v) is 2.16. The van der Waals surface area contributed by atoms with Gasteiger partial charge in [-0.05, 0) is 13.0 Å². The molecule has 16 heavy (non-hydrogen) atoms. The van der Waals surface area contributed by atoms with Gasteiger partial charge in [0.25, 0.3) is 0 Å². The molecule has 0 saturated heterocycles. The van der Waals surface area contributed by atoms with E-state index >= 15 is 0 Å². The van der Waals surface area contributed by atoms with Gasteiger partial charge in [0.1, 0.15) is 5.82 Å². The van der Waals surface area contributed by atoms with Gasteiger partial charge in [-0.25, -0.2) is 4.98 Å². The number of hydrogen-bond donors (Lipinski definition) is 2. The van der Waals surface area contributed by atoms with Gasteiger partial charge in [0.2, 0.25) is 5.91 Å². The van der Waals surface area contributed by atoms with Gasteiger partial charge in [-0.2, -0.15) is 0 Å². The van der Waals surface area contributed by atoms with E-state index in [9.17, 15) is 4.79 Å². The maximum absolute atomic E-state index is 11.3. The van der Waals surface area contributed by atoms with Crippen molar-refractivity contribution in [3.05, 3.63) is 23.9 Å². The van der Waals surface area contributed by atoms with Crippen LogP contribution in [0.4, 0.5) is 5.82 Å². The number of carbonyl (C=O) groups excluding carboxylic acids is 1. The zero-order valence-corrected chi connectivity index (χ0v) is 9.90. The van der Waals surface area contributed by atoms with Gasteiger partial charge in [-0.1, -0.05) is 6.07 Å². The lowest BCUT2D eigenvalue weighted by Crippen LogP contribution is -2.38. The zero-order valence-electron chi connectivity index (χ0n) is 9.90. The fourth-order valence-corrected chi connectivity index (χ4v) is 1.31. The molecule has 5 nitrogen and oxygen atoms in total. The average molecular weight is 222 g/mol. The number of carbonyl (C=O) groups is 1. The molecule has 1 amide bonds. The molecule has 0 aliphatic heterocycles. The smallest absolute Gasteiger partial charge is 0.236 e. The minimum absolute atomic E-state index is 0.159. The van der Waals surface area contributed by atoms with E-state index in [-0.39, 0.29) is 5.91 Å². The summed E-state index contributed by atoms with van der Waals surface area (Å²) in [6.45, 7) is 2.10. The zero-order chi connectivity index (χ0) is 12.1. The van der Waals surface area contributed by atoms with Crippen LogP contribution in [-0.2, 0) is 11.3 Å². The summed E-state index contributed by atoms with van der Waals surface area (Å²) in [6, 6.07) is 3.30. The van der Waals surface area contributed by atoms with Gasteiger partial charge >= 0.3 is 0 Å². The molecule has 0 aliphatic rings. The molecule has 3 N–H and O–H groups in total. The van der Waals surface area contributed by atoms with Crippen LogP contribution in [0.1, 0.15) is 12.5 Å². The molecule has 1 rings (SSSR count). The molecule has 0 aromatic carbocycles. The predicted octanol–water partition coefficient (Wildman–Crippen LogP) is 0.111. The summed E-state index contributed by atoms with van der Waals surface area (Å²) < 4.78 is 0. The van der Waals surface area contributed by atoms with Crippen LogP contribution in [0.5, 0.6) is 0 Å². The number of pyridine rings is 1. The molecule has 0 spiro atoms. The van der Waals surface area contributed by atoms with Crippen molar-refractivity contribution < 1.29 is 4.79 Å². The van der Waals surface area contributed by atoms with Crippen molar-refractivity contribution in [2.24, 2.45) is 5.73 Å². The van der Waals surface area contributed by atoms with Crippen LogP contribution in [0.2, 0.25) is 0 Å². The van der Waals surface area contributed by atoms with Crippen LogP contribution in [0.15, 0.2) is 18.3 Å². The van der Waals surface area contributed by atoms with Gasteiger partial charge in [0.05, 0.1) is 6.04 Å². The molecule has 5 heteroatoms. The Hall–Kier alpha value is -1.62. The summed E-state index contributed by atoms with van der Waals surface area (Å²) in [5.41, 5.74) is 6.43. The Morgan fingerprint density at radius 1 is 1.62 bits per heavy atom. The Morgan fingerprint density at radius 3 is 2.88 bits per heavy atom. The molecule has 1 heterocycles. The van der Waals surface area contributed by atoms with Gasteiger partial charge in [-0.15, -0.1) is 0 Å². The molecular weight excluding hydrogens is 204 g/mol. The number of hydrogen-bond acceptors (Lipinski definition) is 4. The summed E-state index contributed by atoms with van der Waals surface area (Å²) in [4.78, 5) is 17.5. The van der Waals surface area contributed by atoms with Crippen LogP contribution in [-0.4, -0.2) is 31.0 Å². The number of anilines is 1. The van der Waals surface area contributed by atoms with Crippen molar-refractivity contribution >= 4 is 11.7 Å². The van der Waals surface area contributed by atoms with E-state index in [4.69, 9.17) is 5.73 Å². The molecule has 1 aromatic rings. The van der Waals surface area contributed by atoms with Gasteiger partial charge in [0.15, 0.2) is 0 Å². The molecule has 0 unspecified atom stereocenters. The normalized spacial score (nSPS) is 12.0. The Morgan fingerprint density at radius 2 is 2.31 bits per heavy atom. The number of nitrogens with one attached hydrogen (secondary N) is 1. The molecule has 0 fully saturated rings. The second-order valence-electron chi connectivity index (χ2n) is 3.89. The third-order valence-electron chi connectivity index (χ3n) is 2.16. The van der Waals surface area contributed by atoms with E-state index in [0.717, 1.165) is 11.4 Å². The topological polar surface area (TPSA) is 71.2 Å². The fourth-order valence-electron chi connectivity index (χ4n) is 1.31. The van der Waals surface area contributed by atoms with Crippen LogP contribution in [0.3, 0.4) is 0 Å². The van der Waals surface area contributed by atoms with E-state index in [1.165, 1.54) is 0 Å². The second kappa shape index (κ2) is 5.46. The van der Waals surface area contributed by atoms with Crippen molar-refractivity contribution in [2.45, 2.75) is 19.5 Å². The van der Waals surface area contributed by atoms with Crippen molar-refractivity contribution in [1.29, 1.82) is 0 Å². The van der Waals surface area contributed by atoms with Crippen LogP contribution in [0.25, 0.3) is 0 Å². The number of amides is 1. The molecule has 0 aliphatic carbocycles. The minimum atomic E-state index is -0.487. The lowest BCUT2D eigenvalue weighted by atomic mass is 10.2. The standard InChI is InChI=1S/C11H18N4O/c1-8(12)11(16)14-7-9-5-4-6-13-10(9)15(2)3/h4-6,8H,7,12H2,1-3H3,(H,14,16)/t8-/m0/s1. The highest BCUT2D eigenvalue weighted by Crippen LogP contribution is 2.13. The largest absolute Gasteiger partial charge is 0.362 e. The number of nitrogens with zero attached hydrogens (tertiary/aromatic N) is 2. The highest BCUT2D eigenvalue weighted by atomic mass is 16.2. The lowest BCUT2D eigenvalue weighted by molar-refractivity contribution is -0.122. The summed E-state index contributed by atoms with van der Waals surface area (Å²) in [5.74, 6) is 0.695. The van der Waals surface area contributed by atoms with Crippen molar-refractivity contribution in [1.82, 2.24) is 10.3 Å². The molecule has 88 valence electrons. The van der Waals surface area contributed by atoms with E-state index in [1.54, 1.807) is 13.1 Å². The molecule has 1 aromatic heterocycles. The Kier molecular flexibility index (Phi) is 4.25. The summed E-state index contributed by atoms with van der Waals surface area (Å²) in [5, 5.41) is 2.76. The first kappa shape index (κ1) is 12.4. The predicted molar refractivity (Wildman–Crippen MR) is 64.1 cm³/mol. The van der Waals surface area contributed by atoms with E-state index in [0.29, 0.717) is 6.54 Å². The fraction of sp³-hybridized carbons (Fsp3) is 0.455. The molecule has 0 saturated carbocycles.